The van der Waals surface area contributed by atoms with E-state index < -0.39 is 11.9 Å². The molecule has 5 nitrogen and oxygen atoms in total. The molecule has 108 valence electrons. The maximum Gasteiger partial charge on any atom is 0.315 e. The zero-order valence-electron chi connectivity index (χ0n) is 11.1. The number of thioether (sulfide) groups is 1. The Morgan fingerprint density at radius 2 is 2.00 bits per heavy atom. The molecule has 0 aromatic rings. The fourth-order valence-electron chi connectivity index (χ4n) is 2.82. The second-order valence-electron chi connectivity index (χ2n) is 5.33. The number of urea groups is 1. The Labute approximate surface area is 117 Å². The number of rotatable bonds is 4. The molecule has 0 bridgehead atoms. The quantitative estimate of drug-likeness (QED) is 0.736. The molecule has 1 heterocycles. The number of carbonyl (C=O) groups excluding carboxylic acids is 1. The summed E-state index contributed by atoms with van der Waals surface area (Å²) in [6, 6.07) is -0.430. The molecule has 1 saturated carbocycles. The first-order chi connectivity index (χ1) is 9.16. The Morgan fingerprint density at radius 3 is 2.68 bits per heavy atom. The third-order valence-electron chi connectivity index (χ3n) is 3.91. The highest BCUT2D eigenvalue weighted by molar-refractivity contribution is 7.99. The van der Waals surface area contributed by atoms with Crippen molar-refractivity contribution < 1.29 is 14.7 Å². The highest BCUT2D eigenvalue weighted by Gasteiger charge is 2.33. The smallest absolute Gasteiger partial charge is 0.315 e. The molecule has 3 atom stereocenters. The Kier molecular flexibility index (Phi) is 5.36. The lowest BCUT2D eigenvalue weighted by Gasteiger charge is -2.23. The summed E-state index contributed by atoms with van der Waals surface area (Å²) in [6.07, 6.45) is 5.98. The van der Waals surface area contributed by atoms with E-state index in [0.29, 0.717) is 18.2 Å². The van der Waals surface area contributed by atoms with Crippen LogP contribution in [0.2, 0.25) is 0 Å². The van der Waals surface area contributed by atoms with Gasteiger partial charge < -0.3 is 15.7 Å². The Bertz CT molecular complexity index is 332. The first-order valence-electron chi connectivity index (χ1n) is 7.05. The van der Waals surface area contributed by atoms with Crippen molar-refractivity contribution in [1.82, 2.24) is 10.6 Å². The molecule has 6 heteroatoms. The van der Waals surface area contributed by atoms with Crippen LogP contribution < -0.4 is 10.6 Å². The monoisotopic (exact) mass is 286 g/mol. The van der Waals surface area contributed by atoms with Gasteiger partial charge in [0.15, 0.2) is 0 Å². The van der Waals surface area contributed by atoms with Gasteiger partial charge in [-0.1, -0.05) is 12.8 Å². The molecule has 0 aromatic heterocycles. The van der Waals surface area contributed by atoms with Gasteiger partial charge in [-0.05, 0) is 31.4 Å². The number of aliphatic carboxylic acids is 1. The van der Waals surface area contributed by atoms with Gasteiger partial charge in [0.05, 0.1) is 5.92 Å². The summed E-state index contributed by atoms with van der Waals surface area (Å²) in [7, 11) is 0. The fraction of sp³-hybridized carbons (Fsp3) is 0.846. The summed E-state index contributed by atoms with van der Waals surface area (Å²) >= 11 is 1.92. The standard InChI is InChI=1S/C13H22N2O3S/c16-12(17)10-5-3-6-11(10)15-13(18)14-8-9-4-1-2-7-19-9/h9-11H,1-8H2,(H,16,17)(H2,14,15,18). The Balaban J connectivity index is 1.70. The van der Waals surface area contributed by atoms with Crippen molar-refractivity contribution in [2.75, 3.05) is 12.3 Å². The van der Waals surface area contributed by atoms with E-state index in [4.69, 9.17) is 5.11 Å². The summed E-state index contributed by atoms with van der Waals surface area (Å²) < 4.78 is 0. The molecule has 3 N–H and O–H groups in total. The average molecular weight is 286 g/mol. The van der Waals surface area contributed by atoms with Crippen molar-refractivity contribution in [3.05, 3.63) is 0 Å². The number of hydrogen-bond donors (Lipinski definition) is 3. The van der Waals surface area contributed by atoms with E-state index in [1.807, 2.05) is 11.8 Å². The van der Waals surface area contributed by atoms with Crippen LogP contribution in [0.4, 0.5) is 4.79 Å². The molecule has 2 amide bonds. The molecule has 1 saturated heterocycles. The van der Waals surface area contributed by atoms with Gasteiger partial charge in [-0.3, -0.25) is 4.79 Å². The lowest BCUT2D eigenvalue weighted by atomic mass is 10.0. The predicted molar refractivity (Wildman–Crippen MR) is 75.4 cm³/mol. The van der Waals surface area contributed by atoms with Gasteiger partial charge in [-0.2, -0.15) is 11.8 Å². The first-order valence-corrected chi connectivity index (χ1v) is 8.10. The highest BCUT2D eigenvalue weighted by atomic mass is 32.2. The third kappa shape index (κ3) is 4.30. The van der Waals surface area contributed by atoms with Gasteiger partial charge in [0.25, 0.3) is 0 Å². The minimum atomic E-state index is -0.800. The van der Waals surface area contributed by atoms with Crippen molar-refractivity contribution >= 4 is 23.8 Å². The van der Waals surface area contributed by atoms with Gasteiger partial charge in [0.2, 0.25) is 0 Å². The molecule has 2 fully saturated rings. The highest BCUT2D eigenvalue weighted by Crippen LogP contribution is 2.26. The molecule has 1 aliphatic heterocycles. The third-order valence-corrected chi connectivity index (χ3v) is 5.31. The van der Waals surface area contributed by atoms with Gasteiger partial charge in [-0.25, -0.2) is 4.79 Å². The molecule has 2 aliphatic rings. The van der Waals surface area contributed by atoms with E-state index in [9.17, 15) is 9.59 Å². The normalized spacial score (nSPS) is 30.8. The Morgan fingerprint density at radius 1 is 1.16 bits per heavy atom. The largest absolute Gasteiger partial charge is 0.481 e. The molecule has 19 heavy (non-hydrogen) atoms. The number of carbonyl (C=O) groups is 2. The zero-order chi connectivity index (χ0) is 13.7. The molecule has 1 aliphatic carbocycles. The van der Waals surface area contributed by atoms with E-state index in [1.54, 1.807) is 0 Å². The Hall–Kier alpha value is -0.910. The second-order valence-corrected chi connectivity index (χ2v) is 6.73. The minimum absolute atomic E-state index is 0.212. The number of carboxylic acid groups (broad SMARTS) is 1. The van der Waals surface area contributed by atoms with Crippen LogP contribution in [0.15, 0.2) is 0 Å². The van der Waals surface area contributed by atoms with Crippen molar-refractivity contribution in [3.63, 3.8) is 0 Å². The predicted octanol–water partition coefficient (Wildman–Crippen LogP) is 1.82. The number of hydrogen-bond acceptors (Lipinski definition) is 3. The van der Waals surface area contributed by atoms with Crippen LogP contribution >= 0.6 is 11.8 Å². The summed E-state index contributed by atoms with van der Waals surface area (Å²) in [5.41, 5.74) is 0. The topological polar surface area (TPSA) is 78.4 Å². The van der Waals surface area contributed by atoms with Crippen LogP contribution in [0.1, 0.15) is 38.5 Å². The minimum Gasteiger partial charge on any atom is -0.481 e. The van der Waals surface area contributed by atoms with Crippen LogP contribution in [-0.4, -0.2) is 40.7 Å². The summed E-state index contributed by atoms with van der Waals surface area (Å²) in [6.45, 7) is 0.682. The van der Waals surface area contributed by atoms with Gasteiger partial charge in [-0.15, -0.1) is 0 Å². The maximum atomic E-state index is 11.8. The van der Waals surface area contributed by atoms with E-state index in [-0.39, 0.29) is 12.1 Å². The first kappa shape index (κ1) is 14.5. The van der Waals surface area contributed by atoms with E-state index in [1.165, 1.54) is 18.6 Å². The molecule has 0 aromatic carbocycles. The molecule has 2 rings (SSSR count). The van der Waals surface area contributed by atoms with Crippen LogP contribution in [0.3, 0.4) is 0 Å². The summed E-state index contributed by atoms with van der Waals surface area (Å²) in [5, 5.41) is 15.3. The van der Waals surface area contributed by atoms with Crippen molar-refractivity contribution in [3.8, 4) is 0 Å². The van der Waals surface area contributed by atoms with Crippen molar-refractivity contribution in [2.45, 2.75) is 49.8 Å². The van der Waals surface area contributed by atoms with Crippen LogP contribution in [0.5, 0.6) is 0 Å². The molecule has 3 unspecified atom stereocenters. The lowest BCUT2D eigenvalue weighted by Crippen LogP contribution is -2.46. The van der Waals surface area contributed by atoms with E-state index >= 15 is 0 Å². The van der Waals surface area contributed by atoms with Crippen LogP contribution in [0, 0.1) is 5.92 Å². The SMILES string of the molecule is O=C(NCC1CCCCS1)NC1CCCC1C(=O)O. The van der Waals surface area contributed by atoms with E-state index in [2.05, 4.69) is 10.6 Å². The molecular formula is C13H22N2O3S. The number of carboxylic acids is 1. The lowest BCUT2D eigenvalue weighted by molar-refractivity contribution is -0.142. The van der Waals surface area contributed by atoms with Gasteiger partial charge in [0.1, 0.15) is 0 Å². The number of nitrogens with one attached hydrogen (secondary N) is 2. The van der Waals surface area contributed by atoms with E-state index in [0.717, 1.165) is 19.3 Å². The van der Waals surface area contributed by atoms with Crippen LogP contribution in [-0.2, 0) is 4.79 Å². The maximum absolute atomic E-state index is 11.8. The summed E-state index contributed by atoms with van der Waals surface area (Å²) in [5.74, 6) is -0.0436. The molecular weight excluding hydrogens is 264 g/mol. The molecule has 0 spiro atoms. The number of amides is 2. The van der Waals surface area contributed by atoms with Crippen LogP contribution in [0.25, 0.3) is 0 Å². The van der Waals surface area contributed by atoms with Gasteiger partial charge in [0, 0.05) is 17.8 Å². The zero-order valence-corrected chi connectivity index (χ0v) is 11.9. The fourth-order valence-corrected chi connectivity index (χ4v) is 4.06. The van der Waals surface area contributed by atoms with Crippen molar-refractivity contribution in [1.29, 1.82) is 0 Å². The van der Waals surface area contributed by atoms with Crippen molar-refractivity contribution in [2.24, 2.45) is 5.92 Å². The average Bonchev–Trinajstić information content (AvgIpc) is 2.86. The van der Waals surface area contributed by atoms with Gasteiger partial charge >= 0.3 is 12.0 Å². The second kappa shape index (κ2) is 7.03. The molecule has 0 radical (unpaired) electrons. The summed E-state index contributed by atoms with van der Waals surface area (Å²) in [4.78, 5) is 22.8.